The van der Waals surface area contributed by atoms with Crippen LogP contribution in [0.25, 0.3) is 0 Å². The molecule has 2 rings (SSSR count). The maximum atomic E-state index is 11.3. The summed E-state index contributed by atoms with van der Waals surface area (Å²) in [6.07, 6.45) is 3.30. The van der Waals surface area contributed by atoms with Crippen molar-refractivity contribution in [1.82, 2.24) is 4.37 Å². The molecule has 94 valence electrons. The molecule has 1 aromatic heterocycles. The Labute approximate surface area is 103 Å². The quantitative estimate of drug-likeness (QED) is 0.739. The zero-order valence-electron chi connectivity index (χ0n) is 9.60. The highest BCUT2D eigenvalue weighted by Gasteiger charge is 2.29. The fourth-order valence-electron chi connectivity index (χ4n) is 2.18. The summed E-state index contributed by atoms with van der Waals surface area (Å²) < 4.78 is 9.32. The van der Waals surface area contributed by atoms with Crippen molar-refractivity contribution in [2.75, 3.05) is 18.2 Å². The Morgan fingerprint density at radius 2 is 2.35 bits per heavy atom. The molecule has 1 aromatic rings. The summed E-state index contributed by atoms with van der Waals surface area (Å²) in [7, 11) is 1.70. The Kier molecular flexibility index (Phi) is 3.49. The number of anilines is 2. The number of aromatic nitrogens is 1. The van der Waals surface area contributed by atoms with E-state index in [9.17, 15) is 4.79 Å². The molecular formula is C10H16N4O2S. The summed E-state index contributed by atoms with van der Waals surface area (Å²) in [6, 6.07) is 0.193. The van der Waals surface area contributed by atoms with Crippen LogP contribution in [0, 0.1) is 0 Å². The predicted octanol–water partition coefficient (Wildman–Crippen LogP) is 0.804. The van der Waals surface area contributed by atoms with Gasteiger partial charge in [-0.1, -0.05) is 0 Å². The molecule has 1 heterocycles. The van der Waals surface area contributed by atoms with E-state index in [0.717, 1.165) is 30.8 Å². The number of nitrogens with two attached hydrogens (primary N) is 2. The third kappa shape index (κ3) is 2.34. The Balaban J connectivity index is 2.16. The van der Waals surface area contributed by atoms with Crippen molar-refractivity contribution in [1.29, 1.82) is 0 Å². The number of hydrogen-bond acceptors (Lipinski definition) is 6. The van der Waals surface area contributed by atoms with E-state index in [1.54, 1.807) is 7.11 Å². The standard InChI is InChI=1S/C10H16N4O2S/c1-16-6-4-2-3-5(6)13-10-7(9(12)15)8(11)14-17-10/h5-6,13H,2-4H2,1H3,(H2,11,14)(H2,12,15). The van der Waals surface area contributed by atoms with Crippen molar-refractivity contribution in [3.05, 3.63) is 5.56 Å². The van der Waals surface area contributed by atoms with Gasteiger partial charge in [0.2, 0.25) is 0 Å². The number of nitrogen functional groups attached to an aromatic ring is 1. The molecular weight excluding hydrogens is 240 g/mol. The molecule has 0 radical (unpaired) electrons. The molecule has 0 saturated heterocycles. The first-order valence-corrected chi connectivity index (χ1v) is 6.25. The van der Waals surface area contributed by atoms with Gasteiger partial charge in [0, 0.05) is 7.11 Å². The molecule has 1 fully saturated rings. The zero-order valence-corrected chi connectivity index (χ0v) is 10.4. The van der Waals surface area contributed by atoms with Gasteiger partial charge < -0.3 is 21.5 Å². The van der Waals surface area contributed by atoms with Gasteiger partial charge >= 0.3 is 0 Å². The molecule has 0 aliphatic heterocycles. The van der Waals surface area contributed by atoms with Crippen LogP contribution in [0.4, 0.5) is 10.8 Å². The van der Waals surface area contributed by atoms with E-state index in [1.165, 1.54) is 0 Å². The maximum absolute atomic E-state index is 11.3. The summed E-state index contributed by atoms with van der Waals surface area (Å²) in [5.74, 6) is -0.359. The third-order valence-corrected chi connectivity index (χ3v) is 3.83. The van der Waals surface area contributed by atoms with Crippen molar-refractivity contribution in [3.8, 4) is 0 Å². The van der Waals surface area contributed by atoms with Crippen LogP contribution in [-0.4, -0.2) is 29.5 Å². The Bertz CT molecular complexity index is 420. The highest BCUT2D eigenvalue weighted by Crippen LogP contribution is 2.31. The van der Waals surface area contributed by atoms with Gasteiger partial charge in [-0.05, 0) is 30.8 Å². The van der Waals surface area contributed by atoms with Gasteiger partial charge in [-0.3, -0.25) is 4.79 Å². The number of carbonyl (C=O) groups excluding carboxylic acids is 1. The van der Waals surface area contributed by atoms with Gasteiger partial charge in [0.15, 0.2) is 5.82 Å². The van der Waals surface area contributed by atoms with Gasteiger partial charge in [0.05, 0.1) is 12.1 Å². The third-order valence-electron chi connectivity index (χ3n) is 3.04. The van der Waals surface area contributed by atoms with Crippen LogP contribution in [0.1, 0.15) is 29.6 Å². The van der Waals surface area contributed by atoms with Crippen molar-refractivity contribution in [2.24, 2.45) is 5.73 Å². The lowest BCUT2D eigenvalue weighted by Crippen LogP contribution is -2.30. The van der Waals surface area contributed by atoms with E-state index in [-0.39, 0.29) is 23.5 Å². The van der Waals surface area contributed by atoms with Crippen molar-refractivity contribution in [3.63, 3.8) is 0 Å². The summed E-state index contributed by atoms with van der Waals surface area (Å²) in [6.45, 7) is 0. The van der Waals surface area contributed by atoms with E-state index >= 15 is 0 Å². The molecule has 6 nitrogen and oxygen atoms in total. The van der Waals surface area contributed by atoms with Crippen molar-refractivity contribution in [2.45, 2.75) is 31.4 Å². The molecule has 1 saturated carbocycles. The van der Waals surface area contributed by atoms with E-state index in [2.05, 4.69) is 9.69 Å². The van der Waals surface area contributed by atoms with Crippen LogP contribution >= 0.6 is 11.5 Å². The molecule has 2 atom stereocenters. The SMILES string of the molecule is COC1CCCC1Nc1snc(N)c1C(N)=O. The number of ether oxygens (including phenoxy) is 1. The fraction of sp³-hybridized carbons (Fsp3) is 0.600. The monoisotopic (exact) mass is 256 g/mol. The van der Waals surface area contributed by atoms with Crippen LogP contribution in [0.15, 0.2) is 0 Å². The Hall–Kier alpha value is -1.34. The largest absolute Gasteiger partial charge is 0.382 e. The van der Waals surface area contributed by atoms with Gasteiger partial charge in [-0.25, -0.2) is 0 Å². The normalized spacial score (nSPS) is 23.8. The molecule has 0 aromatic carbocycles. The van der Waals surface area contributed by atoms with Crippen molar-refractivity contribution < 1.29 is 9.53 Å². The molecule has 5 N–H and O–H groups in total. The number of amides is 1. The molecule has 1 amide bonds. The maximum Gasteiger partial charge on any atom is 0.255 e. The molecule has 1 aliphatic rings. The summed E-state index contributed by atoms with van der Waals surface area (Å²) in [5.41, 5.74) is 11.2. The first kappa shape index (κ1) is 12.1. The first-order valence-electron chi connectivity index (χ1n) is 5.47. The minimum Gasteiger partial charge on any atom is -0.382 e. The molecule has 2 unspecified atom stereocenters. The number of carbonyl (C=O) groups is 1. The number of methoxy groups -OCH3 is 1. The minimum atomic E-state index is -0.550. The number of primary amides is 1. The topological polar surface area (TPSA) is 103 Å². The zero-order chi connectivity index (χ0) is 12.4. The van der Waals surface area contributed by atoms with Crippen LogP contribution in [0.5, 0.6) is 0 Å². The van der Waals surface area contributed by atoms with Crippen LogP contribution in [0.2, 0.25) is 0 Å². The number of hydrogen-bond donors (Lipinski definition) is 3. The van der Waals surface area contributed by atoms with E-state index in [4.69, 9.17) is 16.2 Å². The Morgan fingerprint density at radius 1 is 1.59 bits per heavy atom. The van der Waals surface area contributed by atoms with Gasteiger partial charge in [0.25, 0.3) is 5.91 Å². The second-order valence-corrected chi connectivity index (χ2v) is 4.87. The van der Waals surface area contributed by atoms with E-state index in [1.807, 2.05) is 0 Å². The fourth-order valence-corrected chi connectivity index (χ4v) is 2.96. The minimum absolute atomic E-state index is 0.166. The molecule has 0 spiro atoms. The van der Waals surface area contributed by atoms with Crippen LogP contribution in [-0.2, 0) is 4.74 Å². The summed E-state index contributed by atoms with van der Waals surface area (Å²) in [5, 5.41) is 3.91. The lowest BCUT2D eigenvalue weighted by molar-refractivity contribution is 0.0992. The van der Waals surface area contributed by atoms with Crippen LogP contribution < -0.4 is 16.8 Å². The average Bonchev–Trinajstić information content (AvgIpc) is 2.86. The van der Waals surface area contributed by atoms with Gasteiger partial charge in [-0.2, -0.15) is 4.37 Å². The average molecular weight is 256 g/mol. The smallest absolute Gasteiger partial charge is 0.255 e. The second-order valence-electron chi connectivity index (χ2n) is 4.09. The number of rotatable bonds is 4. The molecule has 1 aliphatic carbocycles. The van der Waals surface area contributed by atoms with Gasteiger partial charge in [0.1, 0.15) is 10.6 Å². The second kappa shape index (κ2) is 4.89. The lowest BCUT2D eigenvalue weighted by atomic mass is 10.2. The highest BCUT2D eigenvalue weighted by atomic mass is 32.1. The summed E-state index contributed by atoms with van der Waals surface area (Å²) in [4.78, 5) is 11.3. The first-order chi connectivity index (χ1) is 8.13. The van der Waals surface area contributed by atoms with Gasteiger partial charge in [-0.15, -0.1) is 0 Å². The van der Waals surface area contributed by atoms with E-state index < -0.39 is 5.91 Å². The summed E-state index contributed by atoms with van der Waals surface area (Å²) >= 11 is 1.16. The van der Waals surface area contributed by atoms with Crippen molar-refractivity contribution >= 4 is 28.3 Å². The molecule has 7 heteroatoms. The predicted molar refractivity (Wildman–Crippen MR) is 67.1 cm³/mol. The Morgan fingerprint density at radius 3 is 3.00 bits per heavy atom. The molecule has 17 heavy (non-hydrogen) atoms. The highest BCUT2D eigenvalue weighted by molar-refractivity contribution is 7.11. The number of nitrogens with zero attached hydrogens (tertiary/aromatic N) is 1. The molecule has 0 bridgehead atoms. The van der Waals surface area contributed by atoms with E-state index in [0.29, 0.717) is 5.00 Å². The van der Waals surface area contributed by atoms with Crippen LogP contribution in [0.3, 0.4) is 0 Å². The lowest BCUT2D eigenvalue weighted by Gasteiger charge is -2.19. The number of nitrogens with one attached hydrogen (secondary N) is 1.